The van der Waals surface area contributed by atoms with Gasteiger partial charge in [-0.1, -0.05) is 48.5 Å². The van der Waals surface area contributed by atoms with E-state index in [4.69, 9.17) is 14.2 Å². The van der Waals surface area contributed by atoms with Crippen molar-refractivity contribution in [3.05, 3.63) is 89.0 Å². The standard InChI is InChI=1S/C32H34F3NO5/c1-2-39-30(38)18-25-12-15-28(40-20-23-8-9-23)31(24-10-13-26(14-11-24)32(33,34)35)27(25)19-36-17-16-29(37)41-21-22-6-4-3-5-7-22/h3-7,10-15,23,36H,2,8-9,16-21H2,1H3. The number of hydrogen-bond donors (Lipinski definition) is 1. The van der Waals surface area contributed by atoms with E-state index in [-0.39, 0.29) is 38.6 Å². The predicted octanol–water partition coefficient (Wildman–Crippen LogP) is 6.49. The maximum absolute atomic E-state index is 13.3. The number of nitrogens with one attached hydrogen (secondary N) is 1. The Hall–Kier alpha value is -3.85. The van der Waals surface area contributed by atoms with E-state index in [0.717, 1.165) is 30.5 Å². The number of hydrogen-bond acceptors (Lipinski definition) is 6. The molecular weight excluding hydrogens is 535 g/mol. The van der Waals surface area contributed by atoms with Gasteiger partial charge in [-0.15, -0.1) is 0 Å². The summed E-state index contributed by atoms with van der Waals surface area (Å²) in [6, 6.07) is 17.8. The van der Waals surface area contributed by atoms with Crippen molar-refractivity contribution in [3.8, 4) is 16.9 Å². The van der Waals surface area contributed by atoms with Crippen LogP contribution in [0.1, 0.15) is 48.4 Å². The molecule has 0 atom stereocenters. The second kappa shape index (κ2) is 14.2. The van der Waals surface area contributed by atoms with Crippen LogP contribution in [0.15, 0.2) is 66.7 Å². The molecule has 218 valence electrons. The van der Waals surface area contributed by atoms with Gasteiger partial charge in [0.15, 0.2) is 0 Å². The quantitative estimate of drug-likeness (QED) is 0.177. The lowest BCUT2D eigenvalue weighted by atomic mass is 9.92. The lowest BCUT2D eigenvalue weighted by Gasteiger charge is -2.20. The van der Waals surface area contributed by atoms with Gasteiger partial charge in [0, 0.05) is 18.7 Å². The minimum Gasteiger partial charge on any atom is -0.493 e. The summed E-state index contributed by atoms with van der Waals surface area (Å²) >= 11 is 0. The third-order valence-corrected chi connectivity index (χ3v) is 6.73. The molecule has 41 heavy (non-hydrogen) atoms. The molecule has 9 heteroatoms. The molecule has 0 bridgehead atoms. The van der Waals surface area contributed by atoms with E-state index in [0.29, 0.717) is 47.1 Å². The summed E-state index contributed by atoms with van der Waals surface area (Å²) in [5, 5.41) is 3.24. The van der Waals surface area contributed by atoms with Gasteiger partial charge in [0.05, 0.1) is 31.6 Å². The smallest absolute Gasteiger partial charge is 0.416 e. The summed E-state index contributed by atoms with van der Waals surface area (Å²) in [4.78, 5) is 24.7. The fraction of sp³-hybridized carbons (Fsp3) is 0.375. The van der Waals surface area contributed by atoms with E-state index in [9.17, 15) is 22.8 Å². The lowest BCUT2D eigenvalue weighted by Crippen LogP contribution is -2.21. The minimum atomic E-state index is -4.46. The zero-order chi connectivity index (χ0) is 29.2. The average molecular weight is 570 g/mol. The van der Waals surface area contributed by atoms with Crippen molar-refractivity contribution in [1.82, 2.24) is 5.32 Å². The Morgan fingerprint density at radius 2 is 1.66 bits per heavy atom. The first-order chi connectivity index (χ1) is 19.7. The summed E-state index contributed by atoms with van der Waals surface area (Å²) < 4.78 is 56.5. The van der Waals surface area contributed by atoms with Crippen LogP contribution < -0.4 is 10.1 Å². The van der Waals surface area contributed by atoms with Crippen LogP contribution in [0, 0.1) is 5.92 Å². The molecule has 1 saturated carbocycles. The highest BCUT2D eigenvalue weighted by Crippen LogP contribution is 2.39. The Morgan fingerprint density at radius 1 is 0.927 bits per heavy atom. The van der Waals surface area contributed by atoms with Gasteiger partial charge in [-0.3, -0.25) is 9.59 Å². The summed E-state index contributed by atoms with van der Waals surface area (Å²) in [5.74, 6) is 0.210. The van der Waals surface area contributed by atoms with Crippen molar-refractivity contribution < 1.29 is 37.0 Å². The van der Waals surface area contributed by atoms with Gasteiger partial charge < -0.3 is 19.5 Å². The predicted molar refractivity (Wildman–Crippen MR) is 148 cm³/mol. The first-order valence-electron chi connectivity index (χ1n) is 13.8. The average Bonchev–Trinajstić information content (AvgIpc) is 3.79. The highest BCUT2D eigenvalue weighted by Gasteiger charge is 2.30. The van der Waals surface area contributed by atoms with Crippen molar-refractivity contribution in [2.45, 2.75) is 51.9 Å². The number of benzene rings is 3. The first kappa shape index (κ1) is 30.1. The molecule has 0 radical (unpaired) electrons. The minimum absolute atomic E-state index is 0.0134. The van der Waals surface area contributed by atoms with Crippen LogP contribution in [-0.2, 0) is 44.8 Å². The molecule has 0 spiro atoms. The summed E-state index contributed by atoms with van der Waals surface area (Å²) in [5.41, 5.74) is 2.65. The van der Waals surface area contributed by atoms with E-state index < -0.39 is 17.7 Å². The molecule has 0 unspecified atom stereocenters. The first-order valence-corrected chi connectivity index (χ1v) is 13.8. The molecule has 3 aromatic rings. The number of alkyl halides is 3. The number of carbonyl (C=O) groups is 2. The van der Waals surface area contributed by atoms with Gasteiger partial charge >= 0.3 is 18.1 Å². The van der Waals surface area contributed by atoms with Gasteiger partial charge in [0.25, 0.3) is 0 Å². The highest BCUT2D eigenvalue weighted by molar-refractivity contribution is 5.79. The molecule has 1 N–H and O–H groups in total. The molecule has 6 nitrogen and oxygen atoms in total. The van der Waals surface area contributed by atoms with Crippen molar-refractivity contribution in [2.24, 2.45) is 5.92 Å². The van der Waals surface area contributed by atoms with Crippen molar-refractivity contribution >= 4 is 11.9 Å². The normalized spacial score (nSPS) is 13.1. The van der Waals surface area contributed by atoms with Crippen molar-refractivity contribution in [2.75, 3.05) is 19.8 Å². The van der Waals surface area contributed by atoms with Gasteiger partial charge in [0.2, 0.25) is 0 Å². The topological polar surface area (TPSA) is 73.9 Å². The third-order valence-electron chi connectivity index (χ3n) is 6.73. The Kier molecular flexibility index (Phi) is 10.4. The second-order valence-corrected chi connectivity index (χ2v) is 9.96. The molecule has 1 aliphatic carbocycles. The molecule has 1 aliphatic rings. The molecule has 1 fully saturated rings. The van der Waals surface area contributed by atoms with E-state index in [2.05, 4.69) is 5.32 Å². The van der Waals surface area contributed by atoms with Gasteiger partial charge in [-0.05, 0) is 66.1 Å². The van der Waals surface area contributed by atoms with E-state index in [1.54, 1.807) is 19.1 Å². The number of rotatable bonds is 14. The Bertz CT molecular complexity index is 1310. The van der Waals surface area contributed by atoms with Crippen LogP contribution in [0.5, 0.6) is 5.75 Å². The fourth-order valence-corrected chi connectivity index (χ4v) is 4.37. The second-order valence-electron chi connectivity index (χ2n) is 9.96. The van der Waals surface area contributed by atoms with Crippen molar-refractivity contribution in [3.63, 3.8) is 0 Å². The zero-order valence-electron chi connectivity index (χ0n) is 23.0. The van der Waals surface area contributed by atoms with E-state index in [1.807, 2.05) is 30.3 Å². The Balaban J connectivity index is 1.55. The molecule has 0 heterocycles. The van der Waals surface area contributed by atoms with Crippen LogP contribution in [0.25, 0.3) is 11.1 Å². The van der Waals surface area contributed by atoms with Crippen LogP contribution in [0.2, 0.25) is 0 Å². The van der Waals surface area contributed by atoms with Crippen LogP contribution in [-0.4, -0.2) is 31.7 Å². The molecule has 0 aliphatic heterocycles. The lowest BCUT2D eigenvalue weighted by molar-refractivity contribution is -0.145. The molecule has 3 aromatic carbocycles. The van der Waals surface area contributed by atoms with E-state index >= 15 is 0 Å². The molecule has 0 aromatic heterocycles. The van der Waals surface area contributed by atoms with Gasteiger partial charge in [0.1, 0.15) is 12.4 Å². The molecule has 0 saturated heterocycles. The largest absolute Gasteiger partial charge is 0.493 e. The van der Waals surface area contributed by atoms with Crippen LogP contribution in [0.4, 0.5) is 13.2 Å². The third kappa shape index (κ3) is 9.08. The van der Waals surface area contributed by atoms with Gasteiger partial charge in [-0.2, -0.15) is 13.2 Å². The number of carbonyl (C=O) groups excluding carboxylic acids is 2. The SMILES string of the molecule is CCOC(=O)Cc1ccc(OCC2CC2)c(-c2ccc(C(F)(F)F)cc2)c1CNCCC(=O)OCc1ccccc1. The summed E-state index contributed by atoms with van der Waals surface area (Å²) in [7, 11) is 0. The number of halogens is 3. The Labute approximate surface area is 237 Å². The molecule has 4 rings (SSSR count). The maximum atomic E-state index is 13.3. The maximum Gasteiger partial charge on any atom is 0.416 e. The molecule has 0 amide bonds. The zero-order valence-corrected chi connectivity index (χ0v) is 23.0. The molecular formula is C32H34F3NO5. The van der Waals surface area contributed by atoms with Crippen molar-refractivity contribution in [1.29, 1.82) is 0 Å². The van der Waals surface area contributed by atoms with Crippen LogP contribution >= 0.6 is 0 Å². The number of esters is 2. The summed E-state index contributed by atoms with van der Waals surface area (Å²) in [6.07, 6.45) is -2.21. The highest BCUT2D eigenvalue weighted by atomic mass is 19.4. The summed E-state index contributed by atoms with van der Waals surface area (Å²) in [6.45, 7) is 3.18. The Morgan fingerprint density at radius 3 is 2.32 bits per heavy atom. The fourth-order valence-electron chi connectivity index (χ4n) is 4.37. The monoisotopic (exact) mass is 569 g/mol. The number of ether oxygens (including phenoxy) is 3. The van der Waals surface area contributed by atoms with E-state index in [1.165, 1.54) is 12.1 Å². The van der Waals surface area contributed by atoms with Crippen LogP contribution in [0.3, 0.4) is 0 Å². The van der Waals surface area contributed by atoms with Gasteiger partial charge in [-0.25, -0.2) is 0 Å².